The summed E-state index contributed by atoms with van der Waals surface area (Å²) in [6.07, 6.45) is 1.78. The zero-order valence-corrected chi connectivity index (χ0v) is 13.0. The zero-order chi connectivity index (χ0) is 15.4. The lowest BCUT2D eigenvalue weighted by atomic mass is 10.3. The summed E-state index contributed by atoms with van der Waals surface area (Å²) >= 11 is 5.93. The molecule has 0 aliphatic carbocycles. The summed E-state index contributed by atoms with van der Waals surface area (Å²) in [5.41, 5.74) is 1.79. The maximum Gasteiger partial charge on any atom is 0.147 e. The Morgan fingerprint density at radius 1 is 1.09 bits per heavy atom. The Morgan fingerprint density at radius 2 is 1.91 bits per heavy atom. The second-order valence-corrected chi connectivity index (χ2v) is 5.38. The lowest BCUT2D eigenvalue weighted by molar-refractivity contribution is 0.325. The molecule has 3 aromatic rings. The number of benzene rings is 2. The minimum atomic E-state index is 0.547. The number of anilines is 1. The van der Waals surface area contributed by atoms with Gasteiger partial charge in [-0.2, -0.15) is 0 Å². The van der Waals surface area contributed by atoms with Crippen molar-refractivity contribution in [2.24, 2.45) is 0 Å². The number of nitrogens with zero attached hydrogens (tertiary/aromatic N) is 3. The fraction of sp³-hybridized carbons (Fsp3) is 0.176. The monoisotopic (exact) mass is 313 g/mol. The topological polar surface area (TPSA) is 38.2 Å². The van der Waals surface area contributed by atoms with Crippen molar-refractivity contribution in [3.63, 3.8) is 0 Å². The standard InChI is InChI=1S/C17H16ClN3O/c1-21(9-10-22-14-6-4-5-13(18)11-14)17-12-19-15-7-2-3-8-16(15)20-17/h2-8,11-12H,9-10H2,1H3. The van der Waals surface area contributed by atoms with E-state index in [1.54, 1.807) is 12.3 Å². The van der Waals surface area contributed by atoms with Crippen molar-refractivity contribution in [3.05, 3.63) is 59.8 Å². The molecule has 112 valence electrons. The van der Waals surface area contributed by atoms with Crippen LogP contribution in [0.25, 0.3) is 11.0 Å². The molecule has 1 heterocycles. The van der Waals surface area contributed by atoms with Crippen LogP contribution in [0.1, 0.15) is 0 Å². The molecule has 0 fully saturated rings. The van der Waals surface area contributed by atoms with Gasteiger partial charge < -0.3 is 9.64 Å². The van der Waals surface area contributed by atoms with E-state index in [-0.39, 0.29) is 0 Å². The summed E-state index contributed by atoms with van der Waals surface area (Å²) in [7, 11) is 1.97. The molecular formula is C17H16ClN3O. The third-order valence-corrected chi connectivity index (χ3v) is 3.55. The van der Waals surface area contributed by atoms with Gasteiger partial charge in [-0.3, -0.25) is 4.98 Å². The van der Waals surface area contributed by atoms with E-state index in [1.165, 1.54) is 0 Å². The molecule has 22 heavy (non-hydrogen) atoms. The Morgan fingerprint density at radius 3 is 2.73 bits per heavy atom. The average Bonchev–Trinajstić information content (AvgIpc) is 2.54. The maximum absolute atomic E-state index is 5.93. The smallest absolute Gasteiger partial charge is 0.147 e. The number of halogens is 1. The Labute approximate surface area is 134 Å². The van der Waals surface area contributed by atoms with E-state index in [9.17, 15) is 0 Å². The summed E-state index contributed by atoms with van der Waals surface area (Å²) in [5.74, 6) is 1.60. The molecule has 0 radical (unpaired) electrons. The number of rotatable bonds is 5. The van der Waals surface area contributed by atoms with E-state index in [1.807, 2.05) is 54.4 Å². The molecule has 0 amide bonds. The second kappa shape index (κ2) is 6.62. The summed E-state index contributed by atoms with van der Waals surface area (Å²) in [4.78, 5) is 11.0. The summed E-state index contributed by atoms with van der Waals surface area (Å²) in [6, 6.07) is 15.2. The molecule has 1 aromatic heterocycles. The number of likely N-dealkylation sites (N-methyl/N-ethyl adjacent to an activating group) is 1. The second-order valence-electron chi connectivity index (χ2n) is 4.94. The van der Waals surface area contributed by atoms with Gasteiger partial charge in [0.05, 0.1) is 23.8 Å². The number of fused-ring (bicyclic) bond motifs is 1. The first-order valence-corrected chi connectivity index (χ1v) is 7.41. The number of hydrogen-bond donors (Lipinski definition) is 0. The van der Waals surface area contributed by atoms with Crippen molar-refractivity contribution >= 4 is 28.5 Å². The van der Waals surface area contributed by atoms with Crippen molar-refractivity contribution in [1.29, 1.82) is 0 Å². The van der Waals surface area contributed by atoms with Gasteiger partial charge in [-0.15, -0.1) is 0 Å². The van der Waals surface area contributed by atoms with Crippen LogP contribution in [-0.2, 0) is 0 Å². The van der Waals surface area contributed by atoms with Crippen molar-refractivity contribution in [2.75, 3.05) is 25.1 Å². The molecule has 0 spiro atoms. The van der Waals surface area contributed by atoms with Crippen LogP contribution >= 0.6 is 11.6 Å². The molecule has 0 saturated heterocycles. The molecule has 0 aliphatic rings. The van der Waals surface area contributed by atoms with Gasteiger partial charge >= 0.3 is 0 Å². The van der Waals surface area contributed by atoms with Gasteiger partial charge in [-0.1, -0.05) is 29.8 Å². The largest absolute Gasteiger partial charge is 0.492 e. The lowest BCUT2D eigenvalue weighted by Gasteiger charge is -2.18. The number of aromatic nitrogens is 2. The molecule has 5 heteroatoms. The highest BCUT2D eigenvalue weighted by Gasteiger charge is 2.05. The maximum atomic E-state index is 5.93. The van der Waals surface area contributed by atoms with Crippen LogP contribution in [0.5, 0.6) is 5.75 Å². The zero-order valence-electron chi connectivity index (χ0n) is 12.2. The van der Waals surface area contributed by atoms with Gasteiger partial charge in [0.2, 0.25) is 0 Å². The number of para-hydroxylation sites is 2. The predicted octanol–water partition coefficient (Wildman–Crippen LogP) is 3.80. The van der Waals surface area contributed by atoms with Gasteiger partial charge in [0.25, 0.3) is 0 Å². The minimum Gasteiger partial charge on any atom is -0.492 e. The Hall–Kier alpha value is -2.33. The summed E-state index contributed by atoms with van der Waals surface area (Å²) in [5, 5.41) is 0.672. The van der Waals surface area contributed by atoms with Crippen LogP contribution in [0, 0.1) is 0 Å². The van der Waals surface area contributed by atoms with Crippen molar-refractivity contribution in [2.45, 2.75) is 0 Å². The third-order valence-electron chi connectivity index (χ3n) is 3.32. The van der Waals surface area contributed by atoms with Crippen molar-refractivity contribution < 1.29 is 4.74 Å². The molecule has 0 bridgehead atoms. The minimum absolute atomic E-state index is 0.547. The molecule has 2 aromatic carbocycles. The predicted molar refractivity (Wildman–Crippen MR) is 89.8 cm³/mol. The molecule has 0 N–H and O–H groups in total. The number of hydrogen-bond acceptors (Lipinski definition) is 4. The van der Waals surface area contributed by atoms with E-state index < -0.39 is 0 Å². The highest BCUT2D eigenvalue weighted by molar-refractivity contribution is 6.30. The van der Waals surface area contributed by atoms with Crippen LogP contribution in [-0.4, -0.2) is 30.2 Å². The first-order chi connectivity index (χ1) is 10.7. The summed E-state index contributed by atoms with van der Waals surface area (Å²) in [6.45, 7) is 1.25. The average molecular weight is 314 g/mol. The first-order valence-electron chi connectivity index (χ1n) is 7.04. The van der Waals surface area contributed by atoms with Gasteiger partial charge in [0, 0.05) is 12.1 Å². The van der Waals surface area contributed by atoms with Crippen molar-refractivity contribution in [1.82, 2.24) is 9.97 Å². The van der Waals surface area contributed by atoms with E-state index in [0.29, 0.717) is 18.2 Å². The molecule has 0 saturated carbocycles. The van der Waals surface area contributed by atoms with Crippen LogP contribution in [0.2, 0.25) is 5.02 Å². The van der Waals surface area contributed by atoms with Gasteiger partial charge in [-0.05, 0) is 30.3 Å². The normalized spacial score (nSPS) is 10.6. The quantitative estimate of drug-likeness (QED) is 0.718. The third kappa shape index (κ3) is 3.46. The van der Waals surface area contributed by atoms with Crippen LogP contribution < -0.4 is 9.64 Å². The van der Waals surface area contributed by atoms with Crippen molar-refractivity contribution in [3.8, 4) is 5.75 Å². The van der Waals surface area contributed by atoms with E-state index >= 15 is 0 Å². The molecule has 0 atom stereocenters. The first kappa shape index (κ1) is 14.6. The van der Waals surface area contributed by atoms with Crippen LogP contribution in [0.3, 0.4) is 0 Å². The van der Waals surface area contributed by atoms with Crippen LogP contribution in [0.15, 0.2) is 54.7 Å². The summed E-state index contributed by atoms with van der Waals surface area (Å²) < 4.78 is 5.69. The van der Waals surface area contributed by atoms with E-state index in [2.05, 4.69) is 9.97 Å². The fourth-order valence-corrected chi connectivity index (χ4v) is 2.28. The molecule has 3 rings (SSSR count). The molecular weight excluding hydrogens is 298 g/mol. The lowest BCUT2D eigenvalue weighted by Crippen LogP contribution is -2.24. The van der Waals surface area contributed by atoms with Gasteiger partial charge in [0.15, 0.2) is 0 Å². The Balaban J connectivity index is 1.62. The van der Waals surface area contributed by atoms with E-state index in [4.69, 9.17) is 16.3 Å². The van der Waals surface area contributed by atoms with Gasteiger partial charge in [-0.25, -0.2) is 4.98 Å². The van der Waals surface area contributed by atoms with E-state index in [0.717, 1.165) is 22.6 Å². The van der Waals surface area contributed by atoms with Gasteiger partial charge in [0.1, 0.15) is 18.2 Å². The fourth-order valence-electron chi connectivity index (χ4n) is 2.10. The highest BCUT2D eigenvalue weighted by Crippen LogP contribution is 2.17. The number of ether oxygens (including phenoxy) is 1. The Bertz CT molecular complexity index is 778. The molecule has 4 nitrogen and oxygen atoms in total. The Kier molecular flexibility index (Phi) is 4.39. The van der Waals surface area contributed by atoms with Crippen LogP contribution in [0.4, 0.5) is 5.82 Å². The SMILES string of the molecule is CN(CCOc1cccc(Cl)c1)c1cnc2ccccc2n1. The molecule has 0 aliphatic heterocycles. The molecule has 0 unspecified atom stereocenters. The highest BCUT2D eigenvalue weighted by atomic mass is 35.5.